The fourth-order valence-corrected chi connectivity index (χ4v) is 3.15. The first kappa shape index (κ1) is 15.2. The predicted octanol–water partition coefficient (Wildman–Crippen LogP) is 3.11. The van der Waals surface area contributed by atoms with Gasteiger partial charge in [-0.3, -0.25) is 4.90 Å². The van der Waals surface area contributed by atoms with Crippen LogP contribution in [-0.4, -0.2) is 23.0 Å². The van der Waals surface area contributed by atoms with Gasteiger partial charge in [-0.15, -0.1) is 11.3 Å². The van der Waals surface area contributed by atoms with Gasteiger partial charge in [-0.25, -0.2) is 4.98 Å². The molecular weight excluding hydrogens is 266 g/mol. The largest absolute Gasteiger partial charge is 0.330 e. The minimum absolute atomic E-state index is 0.737. The molecule has 0 aliphatic rings. The number of aryl methyl sites for hydroxylation is 2. The molecule has 0 radical (unpaired) electrons. The van der Waals surface area contributed by atoms with Crippen molar-refractivity contribution >= 4 is 11.3 Å². The van der Waals surface area contributed by atoms with Crippen LogP contribution in [0.5, 0.6) is 0 Å². The van der Waals surface area contributed by atoms with Crippen molar-refractivity contribution in [1.29, 1.82) is 0 Å². The van der Waals surface area contributed by atoms with Gasteiger partial charge in [0.1, 0.15) is 5.01 Å². The summed E-state index contributed by atoms with van der Waals surface area (Å²) < 4.78 is 0. The van der Waals surface area contributed by atoms with Crippen LogP contribution in [0.3, 0.4) is 0 Å². The summed E-state index contributed by atoms with van der Waals surface area (Å²) >= 11 is 1.80. The van der Waals surface area contributed by atoms with Crippen LogP contribution in [0, 0.1) is 13.8 Å². The molecule has 2 aromatic rings. The number of nitrogens with zero attached hydrogens (tertiary/aromatic N) is 2. The Morgan fingerprint density at radius 1 is 1.15 bits per heavy atom. The van der Waals surface area contributed by atoms with Crippen molar-refractivity contribution in [2.75, 3.05) is 13.1 Å². The van der Waals surface area contributed by atoms with Crippen molar-refractivity contribution in [2.45, 2.75) is 33.4 Å². The Bertz CT molecular complexity index is 502. The zero-order valence-corrected chi connectivity index (χ0v) is 13.1. The lowest BCUT2D eigenvalue weighted by molar-refractivity contribution is 0.254. The molecule has 1 aromatic heterocycles. The van der Waals surface area contributed by atoms with Crippen molar-refractivity contribution in [2.24, 2.45) is 5.73 Å². The van der Waals surface area contributed by atoms with Gasteiger partial charge in [0.2, 0.25) is 0 Å². The van der Waals surface area contributed by atoms with Crippen molar-refractivity contribution in [3.05, 3.63) is 51.5 Å². The lowest BCUT2D eigenvalue weighted by Crippen LogP contribution is -2.25. The van der Waals surface area contributed by atoms with E-state index >= 15 is 0 Å². The molecule has 108 valence electrons. The van der Waals surface area contributed by atoms with Crippen LogP contribution in [-0.2, 0) is 13.1 Å². The molecule has 2 N–H and O–H groups in total. The van der Waals surface area contributed by atoms with E-state index in [1.165, 1.54) is 15.4 Å². The molecule has 0 saturated heterocycles. The van der Waals surface area contributed by atoms with Gasteiger partial charge in [-0.05, 0) is 32.4 Å². The van der Waals surface area contributed by atoms with E-state index < -0.39 is 0 Å². The molecule has 2 rings (SSSR count). The SMILES string of the molecule is Cc1nc(CN(CCCN)Cc2ccccc2)sc1C. The Morgan fingerprint density at radius 2 is 1.90 bits per heavy atom. The van der Waals surface area contributed by atoms with Gasteiger partial charge in [0.25, 0.3) is 0 Å². The van der Waals surface area contributed by atoms with Crippen LogP contribution in [0.1, 0.15) is 27.6 Å². The molecule has 0 atom stereocenters. The Morgan fingerprint density at radius 3 is 2.50 bits per heavy atom. The van der Waals surface area contributed by atoms with E-state index in [0.717, 1.165) is 38.3 Å². The van der Waals surface area contributed by atoms with Crippen molar-refractivity contribution in [3.63, 3.8) is 0 Å². The van der Waals surface area contributed by atoms with E-state index in [1.54, 1.807) is 11.3 Å². The first-order valence-electron chi connectivity index (χ1n) is 7.08. The minimum Gasteiger partial charge on any atom is -0.330 e. The van der Waals surface area contributed by atoms with E-state index in [-0.39, 0.29) is 0 Å². The first-order chi connectivity index (χ1) is 9.69. The van der Waals surface area contributed by atoms with Gasteiger partial charge in [-0.1, -0.05) is 30.3 Å². The molecule has 0 bridgehead atoms. The second kappa shape index (κ2) is 7.53. The summed E-state index contributed by atoms with van der Waals surface area (Å²) in [5, 5.41) is 1.20. The van der Waals surface area contributed by atoms with Crippen LogP contribution >= 0.6 is 11.3 Å². The molecule has 1 aromatic carbocycles. The second-order valence-corrected chi connectivity index (χ2v) is 6.38. The quantitative estimate of drug-likeness (QED) is 0.851. The van der Waals surface area contributed by atoms with Crippen LogP contribution < -0.4 is 5.73 Å². The van der Waals surface area contributed by atoms with Crippen LogP contribution in [0.4, 0.5) is 0 Å². The minimum atomic E-state index is 0.737. The molecule has 0 unspecified atom stereocenters. The molecular formula is C16H23N3S. The lowest BCUT2D eigenvalue weighted by atomic mass is 10.2. The maximum Gasteiger partial charge on any atom is 0.107 e. The molecule has 0 saturated carbocycles. The highest BCUT2D eigenvalue weighted by atomic mass is 32.1. The van der Waals surface area contributed by atoms with Gasteiger partial charge in [0.15, 0.2) is 0 Å². The van der Waals surface area contributed by atoms with Gasteiger partial charge < -0.3 is 5.73 Å². The number of aromatic nitrogens is 1. The van der Waals surface area contributed by atoms with Crippen LogP contribution in [0.15, 0.2) is 30.3 Å². The summed E-state index contributed by atoms with van der Waals surface area (Å²) in [4.78, 5) is 8.39. The highest BCUT2D eigenvalue weighted by Gasteiger charge is 2.10. The Kier molecular flexibility index (Phi) is 5.71. The Balaban J connectivity index is 2.03. The Hall–Kier alpha value is -1.23. The number of benzene rings is 1. The average molecular weight is 289 g/mol. The van der Waals surface area contributed by atoms with Gasteiger partial charge in [0, 0.05) is 18.0 Å². The zero-order valence-electron chi connectivity index (χ0n) is 12.3. The van der Waals surface area contributed by atoms with E-state index in [4.69, 9.17) is 5.73 Å². The maximum absolute atomic E-state index is 5.65. The van der Waals surface area contributed by atoms with Gasteiger partial charge >= 0.3 is 0 Å². The van der Waals surface area contributed by atoms with Crippen molar-refractivity contribution in [1.82, 2.24) is 9.88 Å². The smallest absolute Gasteiger partial charge is 0.107 e. The average Bonchev–Trinajstić information content (AvgIpc) is 2.76. The summed E-state index contributed by atoms with van der Waals surface area (Å²) in [6, 6.07) is 10.6. The monoisotopic (exact) mass is 289 g/mol. The molecule has 20 heavy (non-hydrogen) atoms. The van der Waals surface area contributed by atoms with E-state index in [2.05, 4.69) is 54.1 Å². The maximum atomic E-state index is 5.65. The first-order valence-corrected chi connectivity index (χ1v) is 7.90. The third-order valence-electron chi connectivity index (χ3n) is 3.36. The summed E-state index contributed by atoms with van der Waals surface area (Å²) in [6.45, 7) is 7.84. The third-order valence-corrected chi connectivity index (χ3v) is 4.42. The predicted molar refractivity (Wildman–Crippen MR) is 85.8 cm³/mol. The molecule has 0 spiro atoms. The highest BCUT2D eigenvalue weighted by molar-refractivity contribution is 7.11. The Labute approximate surface area is 125 Å². The molecule has 1 heterocycles. The third kappa shape index (κ3) is 4.40. The van der Waals surface area contributed by atoms with Crippen LogP contribution in [0.2, 0.25) is 0 Å². The number of hydrogen-bond donors (Lipinski definition) is 1. The zero-order chi connectivity index (χ0) is 14.4. The normalized spacial score (nSPS) is 11.2. The van der Waals surface area contributed by atoms with Gasteiger partial charge in [-0.2, -0.15) is 0 Å². The molecule has 0 aliphatic carbocycles. The fraction of sp³-hybridized carbons (Fsp3) is 0.438. The lowest BCUT2D eigenvalue weighted by Gasteiger charge is -2.21. The summed E-state index contributed by atoms with van der Waals surface area (Å²) in [7, 11) is 0. The number of thiazole rings is 1. The fourth-order valence-electron chi connectivity index (χ4n) is 2.17. The molecule has 3 nitrogen and oxygen atoms in total. The molecule has 0 aliphatic heterocycles. The van der Waals surface area contributed by atoms with E-state index in [9.17, 15) is 0 Å². The van der Waals surface area contributed by atoms with E-state index in [1.807, 2.05) is 0 Å². The number of nitrogens with two attached hydrogens (primary N) is 1. The second-order valence-electron chi connectivity index (χ2n) is 5.09. The van der Waals surface area contributed by atoms with Crippen LogP contribution in [0.25, 0.3) is 0 Å². The van der Waals surface area contributed by atoms with Gasteiger partial charge in [0.05, 0.1) is 12.2 Å². The number of hydrogen-bond acceptors (Lipinski definition) is 4. The van der Waals surface area contributed by atoms with Crippen molar-refractivity contribution < 1.29 is 0 Å². The highest BCUT2D eigenvalue weighted by Crippen LogP contribution is 2.19. The van der Waals surface area contributed by atoms with E-state index in [0.29, 0.717) is 0 Å². The molecule has 0 amide bonds. The number of rotatable bonds is 7. The standard InChI is InChI=1S/C16H23N3S/c1-13-14(2)20-16(18-13)12-19(10-6-9-17)11-15-7-4-3-5-8-15/h3-5,7-8H,6,9-12,17H2,1-2H3. The molecule has 4 heteroatoms. The topological polar surface area (TPSA) is 42.2 Å². The summed E-state index contributed by atoms with van der Waals surface area (Å²) in [5.41, 5.74) is 8.15. The molecule has 0 fully saturated rings. The summed E-state index contributed by atoms with van der Waals surface area (Å²) in [6.07, 6.45) is 1.02. The summed E-state index contributed by atoms with van der Waals surface area (Å²) in [5.74, 6) is 0. The van der Waals surface area contributed by atoms with Crippen molar-refractivity contribution in [3.8, 4) is 0 Å².